The maximum Gasteiger partial charge on any atom is 0.120 e. The Morgan fingerprint density at radius 1 is 1.00 bits per heavy atom. The number of rotatable bonds is 6. The number of hydrogen-bond donors (Lipinski definition) is 2. The van der Waals surface area contributed by atoms with Gasteiger partial charge in [0.25, 0.3) is 0 Å². The molecule has 1 atom stereocenters. The summed E-state index contributed by atoms with van der Waals surface area (Å²) in [7, 11) is 0. The SMILES string of the molecule is Cc1cc(OC[C@]2(O)CCCN(CC3(O)CCC(c4ccccc4)CC3)C2)cc(C)c1Cl. The number of likely N-dealkylation sites (tertiary alicyclic amines) is 1. The number of β-amino-alcohol motifs (C(OH)–C–C–N with tert-alkyl or cyclic N) is 2. The van der Waals surface area contributed by atoms with Crippen LogP contribution in [-0.2, 0) is 0 Å². The molecular weight excluding hydrogens is 422 g/mol. The summed E-state index contributed by atoms with van der Waals surface area (Å²) in [5, 5.41) is 23.3. The number of ether oxygens (including phenoxy) is 1. The van der Waals surface area contributed by atoms with Crippen LogP contribution in [0.2, 0.25) is 5.02 Å². The number of halogens is 1. The standard InChI is InChI=1S/C27H36ClNO3/c1-20-15-24(16-21(2)25(20)28)32-19-27(31)11-6-14-29(18-27)17-26(30)12-9-23(10-13-26)22-7-4-3-5-8-22/h3-5,7-8,15-16,23,30-31H,6,9-14,17-19H2,1-2H3/t23?,26?,27-/m0/s1. The van der Waals surface area contributed by atoms with Crippen molar-refractivity contribution in [3.05, 3.63) is 64.2 Å². The van der Waals surface area contributed by atoms with E-state index >= 15 is 0 Å². The van der Waals surface area contributed by atoms with E-state index in [4.69, 9.17) is 16.3 Å². The van der Waals surface area contributed by atoms with Crippen molar-refractivity contribution in [1.29, 1.82) is 0 Å². The first kappa shape index (κ1) is 23.6. The highest BCUT2D eigenvalue weighted by Gasteiger charge is 2.40. The summed E-state index contributed by atoms with van der Waals surface area (Å²) in [5.74, 6) is 1.28. The molecule has 4 rings (SSSR count). The maximum absolute atomic E-state index is 11.3. The minimum absolute atomic E-state index is 0.249. The summed E-state index contributed by atoms with van der Waals surface area (Å²) >= 11 is 6.26. The minimum Gasteiger partial charge on any atom is -0.491 e. The molecule has 2 aromatic carbocycles. The molecule has 0 amide bonds. The van der Waals surface area contributed by atoms with E-state index in [1.54, 1.807) is 0 Å². The van der Waals surface area contributed by atoms with Gasteiger partial charge < -0.3 is 14.9 Å². The van der Waals surface area contributed by atoms with Crippen molar-refractivity contribution in [3.63, 3.8) is 0 Å². The van der Waals surface area contributed by atoms with Gasteiger partial charge >= 0.3 is 0 Å². The van der Waals surface area contributed by atoms with Crippen LogP contribution in [0.25, 0.3) is 0 Å². The van der Waals surface area contributed by atoms with Gasteiger partial charge in [0.15, 0.2) is 0 Å². The maximum atomic E-state index is 11.3. The molecule has 1 saturated carbocycles. The summed E-state index contributed by atoms with van der Waals surface area (Å²) < 4.78 is 5.99. The molecule has 4 nitrogen and oxygen atoms in total. The number of aryl methyl sites for hydroxylation is 2. The average Bonchev–Trinajstić information content (AvgIpc) is 2.77. The number of benzene rings is 2. The molecule has 1 heterocycles. The van der Waals surface area contributed by atoms with E-state index in [-0.39, 0.29) is 6.61 Å². The first-order chi connectivity index (χ1) is 15.3. The van der Waals surface area contributed by atoms with Crippen molar-refractivity contribution in [2.24, 2.45) is 0 Å². The second-order valence-electron chi connectivity index (χ2n) is 10.1. The lowest BCUT2D eigenvalue weighted by Gasteiger charge is -2.44. The molecule has 2 fully saturated rings. The monoisotopic (exact) mass is 457 g/mol. The Morgan fingerprint density at radius 3 is 2.31 bits per heavy atom. The highest BCUT2D eigenvalue weighted by atomic mass is 35.5. The summed E-state index contributed by atoms with van der Waals surface area (Å²) in [6.07, 6.45) is 5.25. The van der Waals surface area contributed by atoms with Crippen molar-refractivity contribution in [2.45, 2.75) is 69.5 Å². The summed E-state index contributed by atoms with van der Waals surface area (Å²) in [6, 6.07) is 14.5. The average molecular weight is 458 g/mol. The van der Waals surface area contributed by atoms with Crippen LogP contribution in [0.5, 0.6) is 5.75 Å². The molecule has 32 heavy (non-hydrogen) atoms. The zero-order valence-electron chi connectivity index (χ0n) is 19.3. The Labute approximate surface area is 197 Å². The predicted octanol–water partition coefficient (Wildman–Crippen LogP) is 5.25. The summed E-state index contributed by atoms with van der Waals surface area (Å²) in [6.45, 7) is 6.24. The molecule has 0 radical (unpaired) electrons. The zero-order valence-corrected chi connectivity index (χ0v) is 20.1. The molecule has 174 valence electrons. The molecule has 1 aliphatic heterocycles. The third-order valence-electron chi connectivity index (χ3n) is 7.26. The molecule has 2 aliphatic rings. The highest BCUT2D eigenvalue weighted by Crippen LogP contribution is 2.39. The topological polar surface area (TPSA) is 52.9 Å². The lowest BCUT2D eigenvalue weighted by molar-refractivity contribution is -0.0898. The number of nitrogens with zero attached hydrogens (tertiary/aromatic N) is 1. The molecule has 0 bridgehead atoms. The fourth-order valence-electron chi connectivity index (χ4n) is 5.45. The second kappa shape index (κ2) is 9.72. The van der Waals surface area contributed by atoms with Gasteiger partial charge in [0.2, 0.25) is 0 Å². The Balaban J connectivity index is 1.31. The lowest BCUT2D eigenvalue weighted by atomic mass is 9.75. The van der Waals surface area contributed by atoms with Gasteiger partial charge in [0, 0.05) is 18.1 Å². The van der Waals surface area contributed by atoms with Crippen molar-refractivity contribution in [2.75, 3.05) is 26.2 Å². The molecule has 1 saturated heterocycles. The van der Waals surface area contributed by atoms with Crippen LogP contribution < -0.4 is 4.74 Å². The third-order valence-corrected chi connectivity index (χ3v) is 7.85. The van der Waals surface area contributed by atoms with E-state index in [2.05, 4.69) is 35.2 Å². The molecule has 0 aromatic heterocycles. The smallest absolute Gasteiger partial charge is 0.120 e. The minimum atomic E-state index is -0.905. The molecular formula is C27H36ClNO3. The second-order valence-corrected chi connectivity index (χ2v) is 10.5. The van der Waals surface area contributed by atoms with E-state index in [0.29, 0.717) is 25.4 Å². The molecule has 2 aromatic rings. The lowest BCUT2D eigenvalue weighted by Crippen LogP contribution is -2.55. The van der Waals surface area contributed by atoms with Crippen molar-refractivity contribution < 1.29 is 14.9 Å². The van der Waals surface area contributed by atoms with Gasteiger partial charge in [-0.1, -0.05) is 41.9 Å². The highest BCUT2D eigenvalue weighted by molar-refractivity contribution is 6.32. The quantitative estimate of drug-likeness (QED) is 0.621. The van der Waals surface area contributed by atoms with Gasteiger partial charge in [-0.25, -0.2) is 0 Å². The number of aliphatic hydroxyl groups is 2. The Bertz CT molecular complexity index is 887. The van der Waals surface area contributed by atoms with Crippen LogP contribution in [0.1, 0.15) is 61.1 Å². The van der Waals surface area contributed by atoms with Gasteiger partial charge in [-0.2, -0.15) is 0 Å². The molecule has 2 N–H and O–H groups in total. The zero-order chi connectivity index (χ0) is 22.8. The van der Waals surface area contributed by atoms with E-state index in [9.17, 15) is 10.2 Å². The Morgan fingerprint density at radius 2 is 1.66 bits per heavy atom. The van der Waals surface area contributed by atoms with E-state index in [1.165, 1.54) is 5.56 Å². The van der Waals surface area contributed by atoms with Crippen LogP contribution in [-0.4, -0.2) is 52.6 Å². The summed E-state index contributed by atoms with van der Waals surface area (Å²) in [4.78, 5) is 2.23. The van der Waals surface area contributed by atoms with Crippen molar-refractivity contribution in [3.8, 4) is 5.75 Å². The number of hydrogen-bond acceptors (Lipinski definition) is 4. The van der Waals surface area contributed by atoms with Gasteiger partial charge in [-0.3, -0.25) is 4.90 Å². The van der Waals surface area contributed by atoms with E-state index < -0.39 is 11.2 Å². The van der Waals surface area contributed by atoms with Crippen molar-refractivity contribution in [1.82, 2.24) is 4.90 Å². The van der Waals surface area contributed by atoms with Gasteiger partial charge in [0.1, 0.15) is 18.0 Å². The molecule has 0 spiro atoms. The first-order valence-electron chi connectivity index (χ1n) is 11.9. The summed E-state index contributed by atoms with van der Waals surface area (Å²) in [5.41, 5.74) is 1.76. The van der Waals surface area contributed by atoms with Crippen LogP contribution in [0, 0.1) is 13.8 Å². The van der Waals surface area contributed by atoms with Crippen LogP contribution in [0.15, 0.2) is 42.5 Å². The van der Waals surface area contributed by atoms with E-state index in [0.717, 1.165) is 60.5 Å². The normalized spacial score (nSPS) is 29.1. The molecule has 0 unspecified atom stereocenters. The largest absolute Gasteiger partial charge is 0.491 e. The Hall–Kier alpha value is -1.59. The molecule has 5 heteroatoms. The van der Waals surface area contributed by atoms with Crippen LogP contribution in [0.3, 0.4) is 0 Å². The van der Waals surface area contributed by atoms with Crippen LogP contribution in [0.4, 0.5) is 0 Å². The fourth-order valence-corrected chi connectivity index (χ4v) is 5.56. The van der Waals surface area contributed by atoms with Gasteiger partial charge in [0.05, 0.1) is 5.60 Å². The fraction of sp³-hybridized carbons (Fsp3) is 0.556. The van der Waals surface area contributed by atoms with Gasteiger partial charge in [-0.15, -0.1) is 0 Å². The third kappa shape index (κ3) is 5.66. The van der Waals surface area contributed by atoms with Crippen LogP contribution >= 0.6 is 11.6 Å². The Kier molecular flexibility index (Phi) is 7.16. The van der Waals surface area contributed by atoms with Gasteiger partial charge in [-0.05, 0) is 93.7 Å². The van der Waals surface area contributed by atoms with E-state index in [1.807, 2.05) is 26.0 Å². The predicted molar refractivity (Wildman–Crippen MR) is 130 cm³/mol. The van der Waals surface area contributed by atoms with Crippen molar-refractivity contribution >= 4 is 11.6 Å². The number of piperidine rings is 1. The molecule has 1 aliphatic carbocycles. The first-order valence-corrected chi connectivity index (χ1v) is 12.2.